The van der Waals surface area contributed by atoms with Crippen molar-refractivity contribution in [3.63, 3.8) is 0 Å². The Hall–Kier alpha value is -1.55. The molecule has 1 aromatic rings. The second-order valence-corrected chi connectivity index (χ2v) is 3.72. The predicted molar refractivity (Wildman–Crippen MR) is 63.5 cm³/mol. The van der Waals surface area contributed by atoms with E-state index in [1.807, 2.05) is 6.07 Å². The van der Waals surface area contributed by atoms with Crippen molar-refractivity contribution in [1.82, 2.24) is 0 Å². The van der Waals surface area contributed by atoms with Gasteiger partial charge in [-0.3, -0.25) is 9.59 Å². The van der Waals surface area contributed by atoms with Crippen LogP contribution in [0.25, 0.3) is 0 Å². The summed E-state index contributed by atoms with van der Waals surface area (Å²) in [5.74, 6) is -0.475. The normalized spacial score (nSPS) is 9.81. The van der Waals surface area contributed by atoms with Crippen molar-refractivity contribution in [3.05, 3.63) is 29.8 Å². The number of hydrogen-bond donors (Lipinski definition) is 2. The monoisotopic (exact) mass is 240 g/mol. The van der Waals surface area contributed by atoms with Crippen LogP contribution < -0.4 is 11.1 Å². The second-order valence-electron chi connectivity index (χ2n) is 3.30. The molecule has 0 heterocycles. The molecular formula is C11H13ClN2O2. The maximum Gasteiger partial charge on any atom is 0.250 e. The van der Waals surface area contributed by atoms with Crippen LogP contribution in [0.5, 0.6) is 0 Å². The van der Waals surface area contributed by atoms with Crippen LogP contribution in [0, 0.1) is 0 Å². The lowest BCUT2D eigenvalue weighted by Crippen LogP contribution is -2.14. The number of halogens is 1. The minimum Gasteiger partial charge on any atom is -0.384 e. The summed E-state index contributed by atoms with van der Waals surface area (Å²) < 4.78 is 0. The molecule has 0 aromatic heterocycles. The highest BCUT2D eigenvalue weighted by Crippen LogP contribution is 2.14. The third-order valence-electron chi connectivity index (χ3n) is 2.06. The Morgan fingerprint density at radius 2 is 2.00 bits per heavy atom. The number of anilines is 1. The van der Waals surface area contributed by atoms with Crippen LogP contribution in [0.1, 0.15) is 23.2 Å². The second kappa shape index (κ2) is 6.12. The number of carbonyl (C=O) groups excluding carboxylic acids is 2. The summed E-state index contributed by atoms with van der Waals surface area (Å²) >= 11 is 5.20. The van der Waals surface area contributed by atoms with E-state index in [0.717, 1.165) is 0 Å². The molecule has 0 fully saturated rings. The number of amides is 1. The molecule has 16 heavy (non-hydrogen) atoms. The number of primary amides is 1. The van der Waals surface area contributed by atoms with Gasteiger partial charge >= 0.3 is 0 Å². The molecule has 3 N–H and O–H groups in total. The SMILES string of the molecule is NC(=O)c1ccccc1NCCCC(=O)Cl. The largest absolute Gasteiger partial charge is 0.384 e. The molecule has 1 amide bonds. The lowest BCUT2D eigenvalue weighted by molar-refractivity contribution is -0.111. The van der Waals surface area contributed by atoms with Crippen LogP contribution in [0.3, 0.4) is 0 Å². The van der Waals surface area contributed by atoms with E-state index in [9.17, 15) is 9.59 Å². The maximum absolute atomic E-state index is 11.1. The number of rotatable bonds is 6. The topological polar surface area (TPSA) is 72.2 Å². The van der Waals surface area contributed by atoms with E-state index in [2.05, 4.69) is 5.32 Å². The molecule has 0 saturated heterocycles. The highest BCUT2D eigenvalue weighted by molar-refractivity contribution is 6.63. The molecule has 5 heteroatoms. The lowest BCUT2D eigenvalue weighted by atomic mass is 10.1. The Labute approximate surface area is 98.8 Å². The molecule has 0 atom stereocenters. The van der Waals surface area contributed by atoms with Crippen molar-refractivity contribution in [2.24, 2.45) is 5.73 Å². The van der Waals surface area contributed by atoms with Crippen LogP contribution in [-0.4, -0.2) is 17.7 Å². The number of nitrogens with two attached hydrogens (primary N) is 1. The fourth-order valence-electron chi connectivity index (χ4n) is 1.30. The molecule has 0 aliphatic rings. The zero-order valence-electron chi connectivity index (χ0n) is 8.70. The molecule has 4 nitrogen and oxygen atoms in total. The number of para-hydroxylation sites is 1. The smallest absolute Gasteiger partial charge is 0.250 e. The standard InChI is InChI=1S/C11H13ClN2O2/c12-10(15)6-3-7-14-9-5-2-1-4-8(9)11(13)16/h1-2,4-5,14H,3,6-7H2,(H2,13,16). The van der Waals surface area contributed by atoms with Crippen molar-refractivity contribution >= 4 is 28.4 Å². The number of carbonyl (C=O) groups is 2. The number of benzene rings is 1. The molecule has 0 aliphatic heterocycles. The summed E-state index contributed by atoms with van der Waals surface area (Å²) in [6.07, 6.45) is 0.933. The summed E-state index contributed by atoms with van der Waals surface area (Å²) in [6, 6.07) is 6.97. The van der Waals surface area contributed by atoms with E-state index in [4.69, 9.17) is 17.3 Å². The van der Waals surface area contributed by atoms with Crippen molar-refractivity contribution < 1.29 is 9.59 Å². The molecule has 0 spiro atoms. The number of hydrogen-bond acceptors (Lipinski definition) is 3. The van der Waals surface area contributed by atoms with E-state index < -0.39 is 5.91 Å². The lowest BCUT2D eigenvalue weighted by Gasteiger charge is -2.08. The summed E-state index contributed by atoms with van der Waals surface area (Å²) in [4.78, 5) is 21.6. The minimum atomic E-state index is -0.475. The van der Waals surface area contributed by atoms with Gasteiger partial charge in [-0.25, -0.2) is 0 Å². The molecule has 0 unspecified atom stereocenters. The van der Waals surface area contributed by atoms with Crippen LogP contribution in [-0.2, 0) is 4.79 Å². The van der Waals surface area contributed by atoms with E-state index in [0.29, 0.717) is 30.6 Å². The van der Waals surface area contributed by atoms with Crippen molar-refractivity contribution in [2.45, 2.75) is 12.8 Å². The zero-order valence-corrected chi connectivity index (χ0v) is 9.46. The van der Waals surface area contributed by atoms with E-state index in [-0.39, 0.29) is 5.24 Å². The first kappa shape index (κ1) is 12.5. The van der Waals surface area contributed by atoms with Crippen molar-refractivity contribution in [1.29, 1.82) is 0 Å². The summed E-state index contributed by atoms with van der Waals surface area (Å²) in [6.45, 7) is 0.572. The first-order chi connectivity index (χ1) is 7.61. The van der Waals surface area contributed by atoms with Gasteiger partial charge in [0.15, 0.2) is 0 Å². The zero-order chi connectivity index (χ0) is 12.0. The molecule has 0 bridgehead atoms. The molecule has 1 aromatic carbocycles. The van der Waals surface area contributed by atoms with Gasteiger partial charge in [0.2, 0.25) is 5.24 Å². The quantitative estimate of drug-likeness (QED) is 0.588. The molecule has 0 aliphatic carbocycles. The van der Waals surface area contributed by atoms with Crippen LogP contribution >= 0.6 is 11.6 Å². The van der Waals surface area contributed by atoms with Crippen molar-refractivity contribution in [3.8, 4) is 0 Å². The Kier molecular flexibility index (Phi) is 4.79. The fraction of sp³-hybridized carbons (Fsp3) is 0.273. The molecule has 86 valence electrons. The van der Waals surface area contributed by atoms with Crippen LogP contribution in [0.15, 0.2) is 24.3 Å². The average Bonchev–Trinajstić information content (AvgIpc) is 2.24. The molecule has 0 radical (unpaired) electrons. The molecule has 1 rings (SSSR count). The Morgan fingerprint density at radius 3 is 2.62 bits per heavy atom. The van der Waals surface area contributed by atoms with Crippen LogP contribution in [0.2, 0.25) is 0 Å². The molecular weight excluding hydrogens is 228 g/mol. The van der Waals surface area contributed by atoms with Gasteiger partial charge in [-0.2, -0.15) is 0 Å². The third kappa shape index (κ3) is 3.90. The van der Waals surface area contributed by atoms with Crippen LogP contribution in [0.4, 0.5) is 5.69 Å². The van der Waals surface area contributed by atoms with Crippen molar-refractivity contribution in [2.75, 3.05) is 11.9 Å². The first-order valence-corrected chi connectivity index (χ1v) is 5.30. The van der Waals surface area contributed by atoms with Gasteiger partial charge in [0, 0.05) is 18.7 Å². The summed E-state index contributed by atoms with van der Waals surface area (Å²) in [7, 11) is 0. The predicted octanol–water partition coefficient (Wildman–Crippen LogP) is 1.74. The number of nitrogens with one attached hydrogen (secondary N) is 1. The summed E-state index contributed by atoms with van der Waals surface area (Å²) in [5.41, 5.74) is 6.33. The fourth-order valence-corrected chi connectivity index (χ4v) is 1.44. The van der Waals surface area contributed by atoms with Gasteiger partial charge in [0.25, 0.3) is 5.91 Å². The summed E-state index contributed by atoms with van der Waals surface area (Å²) in [5, 5.41) is 2.68. The van der Waals surface area contributed by atoms with Gasteiger partial charge in [0.1, 0.15) is 0 Å². The van der Waals surface area contributed by atoms with Gasteiger partial charge in [-0.15, -0.1) is 0 Å². The molecule has 0 saturated carbocycles. The highest BCUT2D eigenvalue weighted by Gasteiger charge is 2.06. The van der Waals surface area contributed by atoms with Gasteiger partial charge < -0.3 is 11.1 Å². The Bertz CT molecular complexity index is 393. The minimum absolute atomic E-state index is 0.313. The Balaban J connectivity index is 2.53. The maximum atomic E-state index is 11.1. The average molecular weight is 241 g/mol. The van der Waals surface area contributed by atoms with E-state index in [1.165, 1.54) is 0 Å². The van der Waals surface area contributed by atoms with Gasteiger partial charge in [-0.05, 0) is 30.2 Å². The third-order valence-corrected chi connectivity index (χ3v) is 2.25. The Morgan fingerprint density at radius 1 is 1.31 bits per heavy atom. The highest BCUT2D eigenvalue weighted by atomic mass is 35.5. The van der Waals surface area contributed by atoms with E-state index in [1.54, 1.807) is 18.2 Å². The first-order valence-electron chi connectivity index (χ1n) is 4.92. The van der Waals surface area contributed by atoms with E-state index >= 15 is 0 Å². The van der Waals surface area contributed by atoms with Gasteiger partial charge in [-0.1, -0.05) is 12.1 Å². The van der Waals surface area contributed by atoms with Gasteiger partial charge in [0.05, 0.1) is 5.56 Å².